The Morgan fingerprint density at radius 3 is 2.71 bits per heavy atom. The zero-order valence-corrected chi connectivity index (χ0v) is 8.90. The second-order valence-electron chi connectivity index (χ2n) is 2.83. The van der Waals surface area contributed by atoms with Crippen molar-refractivity contribution in [3.05, 3.63) is 12.2 Å². The first-order valence-corrected chi connectivity index (χ1v) is 4.90. The monoisotopic (exact) mass is 201 g/mol. The zero-order valence-electron chi connectivity index (χ0n) is 8.90. The summed E-state index contributed by atoms with van der Waals surface area (Å²) in [4.78, 5) is 12.3. The third-order valence-electron chi connectivity index (χ3n) is 1.83. The molecule has 0 aliphatic heterocycles. The molecule has 4 nitrogen and oxygen atoms in total. The quantitative estimate of drug-likeness (QED) is 0.470. The Labute approximate surface area is 85.2 Å². The number of carboxylic acids is 1. The van der Waals surface area contributed by atoms with Crippen LogP contribution in [0.15, 0.2) is 12.2 Å². The summed E-state index contributed by atoms with van der Waals surface area (Å²) in [5, 5.41) is 8.38. The third-order valence-corrected chi connectivity index (χ3v) is 1.83. The van der Waals surface area contributed by atoms with Gasteiger partial charge in [-0.05, 0) is 13.5 Å². The highest BCUT2D eigenvalue weighted by molar-refractivity contribution is 5.79. The number of carboxylic acid groups (broad SMARTS) is 1. The fourth-order valence-corrected chi connectivity index (χ4v) is 1.02. The summed E-state index contributed by atoms with van der Waals surface area (Å²) >= 11 is 0. The van der Waals surface area contributed by atoms with Crippen molar-refractivity contribution < 1.29 is 14.6 Å². The van der Waals surface area contributed by atoms with E-state index in [1.165, 1.54) is 6.08 Å². The Balaban J connectivity index is 3.62. The van der Waals surface area contributed by atoms with Crippen molar-refractivity contribution in [2.24, 2.45) is 0 Å². The Hall–Kier alpha value is -0.870. The van der Waals surface area contributed by atoms with Crippen molar-refractivity contribution >= 4 is 5.97 Å². The van der Waals surface area contributed by atoms with E-state index in [2.05, 4.69) is 4.90 Å². The molecule has 0 radical (unpaired) electrons. The van der Waals surface area contributed by atoms with E-state index >= 15 is 0 Å². The second-order valence-corrected chi connectivity index (χ2v) is 2.83. The van der Waals surface area contributed by atoms with Crippen LogP contribution in [0.2, 0.25) is 0 Å². The summed E-state index contributed by atoms with van der Waals surface area (Å²) in [6.45, 7) is 7.83. The summed E-state index contributed by atoms with van der Waals surface area (Å²) in [7, 11) is 0. The smallest absolute Gasteiger partial charge is 0.328 e. The molecule has 0 aromatic rings. The number of likely N-dealkylation sites (N-methyl/N-ethyl adjacent to an activating group) is 1. The van der Waals surface area contributed by atoms with E-state index in [-0.39, 0.29) is 0 Å². The number of aliphatic carboxylic acids is 1. The highest BCUT2D eigenvalue weighted by Crippen LogP contribution is 1.89. The fourth-order valence-electron chi connectivity index (χ4n) is 1.02. The first-order chi connectivity index (χ1) is 6.70. The van der Waals surface area contributed by atoms with Crippen LogP contribution >= 0.6 is 0 Å². The van der Waals surface area contributed by atoms with E-state index in [0.29, 0.717) is 13.2 Å². The molecule has 0 atom stereocenters. The van der Waals surface area contributed by atoms with E-state index in [4.69, 9.17) is 9.84 Å². The van der Waals surface area contributed by atoms with E-state index in [9.17, 15) is 4.79 Å². The third kappa shape index (κ3) is 7.76. The van der Waals surface area contributed by atoms with E-state index in [1.807, 2.05) is 13.8 Å². The van der Waals surface area contributed by atoms with Gasteiger partial charge >= 0.3 is 5.97 Å². The second kappa shape index (κ2) is 8.72. The lowest BCUT2D eigenvalue weighted by atomic mass is 10.4. The Morgan fingerprint density at radius 1 is 1.50 bits per heavy atom. The van der Waals surface area contributed by atoms with Gasteiger partial charge in [0.1, 0.15) is 0 Å². The average Bonchev–Trinajstić information content (AvgIpc) is 2.15. The average molecular weight is 201 g/mol. The highest BCUT2D eigenvalue weighted by Gasteiger charge is 1.98. The van der Waals surface area contributed by atoms with Gasteiger partial charge in [0.25, 0.3) is 0 Å². The molecule has 0 rings (SSSR count). The molecule has 0 unspecified atom stereocenters. The Kier molecular flexibility index (Phi) is 8.17. The largest absolute Gasteiger partial charge is 0.478 e. The van der Waals surface area contributed by atoms with Gasteiger partial charge in [-0.15, -0.1) is 0 Å². The van der Waals surface area contributed by atoms with Crippen molar-refractivity contribution in [3.8, 4) is 0 Å². The number of nitrogens with zero attached hydrogens (tertiary/aromatic N) is 1. The molecule has 0 aliphatic rings. The zero-order chi connectivity index (χ0) is 10.8. The van der Waals surface area contributed by atoms with Gasteiger partial charge in [-0.3, -0.25) is 4.90 Å². The number of ether oxygens (including phenoxy) is 1. The van der Waals surface area contributed by atoms with Crippen LogP contribution in [-0.2, 0) is 9.53 Å². The van der Waals surface area contributed by atoms with Gasteiger partial charge in [0.05, 0.1) is 6.61 Å². The van der Waals surface area contributed by atoms with Crippen LogP contribution in [-0.4, -0.2) is 48.8 Å². The lowest BCUT2D eigenvalue weighted by molar-refractivity contribution is -0.131. The molecule has 0 amide bonds. The van der Waals surface area contributed by atoms with Gasteiger partial charge in [-0.25, -0.2) is 4.79 Å². The van der Waals surface area contributed by atoms with Crippen LogP contribution in [0.1, 0.15) is 13.8 Å². The van der Waals surface area contributed by atoms with Gasteiger partial charge in [0, 0.05) is 25.8 Å². The van der Waals surface area contributed by atoms with Crippen molar-refractivity contribution in [1.29, 1.82) is 0 Å². The molecule has 0 aromatic carbocycles. The summed E-state index contributed by atoms with van der Waals surface area (Å²) in [6.07, 6.45) is 2.82. The van der Waals surface area contributed by atoms with Gasteiger partial charge in [-0.1, -0.05) is 13.0 Å². The van der Waals surface area contributed by atoms with Crippen molar-refractivity contribution in [2.45, 2.75) is 13.8 Å². The van der Waals surface area contributed by atoms with Gasteiger partial charge in [0.2, 0.25) is 0 Å². The molecule has 0 saturated carbocycles. The van der Waals surface area contributed by atoms with Gasteiger partial charge < -0.3 is 9.84 Å². The molecule has 1 N–H and O–H groups in total. The molecule has 4 heteroatoms. The van der Waals surface area contributed by atoms with Crippen molar-refractivity contribution in [2.75, 3.05) is 32.8 Å². The number of hydrogen-bond acceptors (Lipinski definition) is 3. The van der Waals surface area contributed by atoms with Crippen LogP contribution in [0, 0.1) is 0 Å². The predicted octanol–water partition coefficient (Wildman–Crippen LogP) is 0.986. The summed E-state index contributed by atoms with van der Waals surface area (Å²) < 4.78 is 5.21. The lowest BCUT2D eigenvalue weighted by Crippen LogP contribution is -2.27. The standard InChI is InChI=1S/C10H19NO3/c1-3-11(8-9-14-4-2)7-5-6-10(12)13/h5-6H,3-4,7-9H2,1-2H3,(H,12,13). The van der Waals surface area contributed by atoms with Crippen LogP contribution in [0.3, 0.4) is 0 Å². The number of carbonyl (C=O) groups is 1. The van der Waals surface area contributed by atoms with E-state index in [0.717, 1.165) is 19.7 Å². The maximum Gasteiger partial charge on any atom is 0.328 e. The van der Waals surface area contributed by atoms with E-state index < -0.39 is 5.97 Å². The molecule has 14 heavy (non-hydrogen) atoms. The maximum absolute atomic E-state index is 10.2. The first-order valence-electron chi connectivity index (χ1n) is 4.90. The Bertz CT molecular complexity index is 180. The molecule has 0 saturated heterocycles. The molecule has 0 aromatic heterocycles. The summed E-state index contributed by atoms with van der Waals surface area (Å²) in [5.41, 5.74) is 0. The molecule has 0 fully saturated rings. The minimum absolute atomic E-state index is 0.663. The van der Waals surface area contributed by atoms with Crippen molar-refractivity contribution in [3.63, 3.8) is 0 Å². The molecular weight excluding hydrogens is 182 g/mol. The molecule has 82 valence electrons. The van der Waals surface area contributed by atoms with Gasteiger partial charge in [0.15, 0.2) is 0 Å². The van der Waals surface area contributed by atoms with Crippen LogP contribution in [0.4, 0.5) is 0 Å². The molecule has 0 heterocycles. The summed E-state index contributed by atoms with van der Waals surface area (Å²) in [6, 6.07) is 0. The predicted molar refractivity (Wildman–Crippen MR) is 55.4 cm³/mol. The van der Waals surface area contributed by atoms with E-state index in [1.54, 1.807) is 6.08 Å². The fraction of sp³-hybridized carbons (Fsp3) is 0.700. The summed E-state index contributed by atoms with van der Waals surface area (Å²) in [5.74, 6) is -0.897. The van der Waals surface area contributed by atoms with Crippen molar-refractivity contribution in [1.82, 2.24) is 4.90 Å². The number of rotatable bonds is 8. The van der Waals surface area contributed by atoms with Gasteiger partial charge in [-0.2, -0.15) is 0 Å². The van der Waals surface area contributed by atoms with Crippen LogP contribution < -0.4 is 0 Å². The highest BCUT2D eigenvalue weighted by atomic mass is 16.5. The SMILES string of the molecule is CCOCCN(CC)CC=CC(=O)O. The first kappa shape index (κ1) is 13.1. The Morgan fingerprint density at radius 2 is 2.21 bits per heavy atom. The van der Waals surface area contributed by atoms with Crippen LogP contribution in [0.25, 0.3) is 0 Å². The molecule has 0 bridgehead atoms. The molecular formula is C10H19NO3. The number of hydrogen-bond donors (Lipinski definition) is 1. The lowest BCUT2D eigenvalue weighted by Gasteiger charge is -2.17. The molecule has 0 spiro atoms. The minimum atomic E-state index is -0.897. The maximum atomic E-state index is 10.2. The van der Waals surface area contributed by atoms with Crippen LogP contribution in [0.5, 0.6) is 0 Å². The minimum Gasteiger partial charge on any atom is -0.478 e. The topological polar surface area (TPSA) is 49.8 Å². The normalized spacial score (nSPS) is 11.4. The molecule has 0 aliphatic carbocycles.